The van der Waals surface area contributed by atoms with Crippen LogP contribution in [0.3, 0.4) is 0 Å². The summed E-state index contributed by atoms with van der Waals surface area (Å²) in [5.74, 6) is 0.0202. The van der Waals surface area contributed by atoms with Gasteiger partial charge in [0.1, 0.15) is 0 Å². The second-order valence-corrected chi connectivity index (χ2v) is 5.87. The Bertz CT molecular complexity index is 705. The molecule has 0 aliphatic carbocycles. The number of hydrogen-bond acceptors (Lipinski definition) is 3. The normalized spacial score (nSPS) is 18.3. The first-order valence-electron chi connectivity index (χ1n) is 7.96. The lowest BCUT2D eigenvalue weighted by molar-refractivity contribution is -0.117. The standard InChI is InChI=1S/C18H20N4O2/c1-13(14-6-5-9-19-11-14)20-18(24)21-15-10-17(23)22(12-15)16-7-3-2-4-8-16/h2-9,11,13,15H,10,12H2,1H3,(H2,20,21,24)/t13-,15+/m1/s1. The number of rotatable bonds is 4. The Balaban J connectivity index is 1.55. The van der Waals surface area contributed by atoms with Gasteiger partial charge in [-0.05, 0) is 30.7 Å². The van der Waals surface area contributed by atoms with E-state index in [1.54, 1.807) is 17.3 Å². The Morgan fingerprint density at radius 1 is 1.25 bits per heavy atom. The molecule has 0 radical (unpaired) electrons. The Kier molecular flexibility index (Phi) is 4.74. The smallest absolute Gasteiger partial charge is 0.315 e. The lowest BCUT2D eigenvalue weighted by Crippen LogP contribution is -2.44. The quantitative estimate of drug-likeness (QED) is 0.906. The molecule has 124 valence electrons. The fraction of sp³-hybridized carbons (Fsp3) is 0.278. The maximum Gasteiger partial charge on any atom is 0.315 e. The molecule has 2 heterocycles. The summed E-state index contributed by atoms with van der Waals surface area (Å²) in [6, 6.07) is 12.6. The number of nitrogens with one attached hydrogen (secondary N) is 2. The Morgan fingerprint density at radius 3 is 2.75 bits per heavy atom. The molecule has 3 amide bonds. The van der Waals surface area contributed by atoms with Crippen molar-refractivity contribution >= 4 is 17.6 Å². The first kappa shape index (κ1) is 16.0. The zero-order chi connectivity index (χ0) is 16.9. The summed E-state index contributed by atoms with van der Waals surface area (Å²) in [7, 11) is 0. The van der Waals surface area contributed by atoms with Crippen LogP contribution in [0.5, 0.6) is 0 Å². The highest BCUT2D eigenvalue weighted by Gasteiger charge is 2.31. The molecule has 6 nitrogen and oxygen atoms in total. The minimum atomic E-state index is -0.279. The molecule has 1 aliphatic rings. The van der Waals surface area contributed by atoms with E-state index in [2.05, 4.69) is 15.6 Å². The number of benzene rings is 1. The van der Waals surface area contributed by atoms with Crippen LogP contribution in [0.2, 0.25) is 0 Å². The number of urea groups is 1. The fourth-order valence-electron chi connectivity index (χ4n) is 2.80. The number of para-hydroxylation sites is 1. The maximum atomic E-state index is 12.2. The van der Waals surface area contributed by atoms with Gasteiger partial charge in [0, 0.05) is 31.0 Å². The number of nitrogens with zero attached hydrogens (tertiary/aromatic N) is 2. The molecule has 1 fully saturated rings. The third-order valence-electron chi connectivity index (χ3n) is 4.06. The number of amides is 3. The predicted octanol–water partition coefficient (Wildman–Crippen LogP) is 2.25. The molecule has 3 rings (SSSR count). The molecular formula is C18H20N4O2. The van der Waals surface area contributed by atoms with Gasteiger partial charge in [-0.2, -0.15) is 0 Å². The van der Waals surface area contributed by atoms with E-state index in [9.17, 15) is 9.59 Å². The van der Waals surface area contributed by atoms with E-state index < -0.39 is 0 Å². The molecule has 1 aromatic carbocycles. The Labute approximate surface area is 140 Å². The third kappa shape index (κ3) is 3.71. The molecule has 2 aromatic rings. The van der Waals surface area contributed by atoms with Gasteiger partial charge < -0.3 is 15.5 Å². The Hall–Kier alpha value is -2.89. The van der Waals surface area contributed by atoms with Crippen LogP contribution in [0.15, 0.2) is 54.9 Å². The van der Waals surface area contributed by atoms with Gasteiger partial charge in [-0.25, -0.2) is 4.79 Å². The van der Waals surface area contributed by atoms with Gasteiger partial charge in [0.05, 0.1) is 12.1 Å². The van der Waals surface area contributed by atoms with Crippen molar-refractivity contribution in [1.29, 1.82) is 0 Å². The zero-order valence-electron chi connectivity index (χ0n) is 13.5. The molecule has 1 aliphatic heterocycles. The van der Waals surface area contributed by atoms with Crippen LogP contribution >= 0.6 is 0 Å². The minimum absolute atomic E-state index is 0.0202. The summed E-state index contributed by atoms with van der Waals surface area (Å²) in [5, 5.41) is 5.75. The number of carbonyl (C=O) groups excluding carboxylic acids is 2. The van der Waals surface area contributed by atoms with Gasteiger partial charge in [-0.3, -0.25) is 9.78 Å². The van der Waals surface area contributed by atoms with Crippen LogP contribution in [0.25, 0.3) is 0 Å². The average Bonchev–Trinajstić information content (AvgIpc) is 2.96. The van der Waals surface area contributed by atoms with Gasteiger partial charge in [-0.15, -0.1) is 0 Å². The maximum absolute atomic E-state index is 12.2. The molecule has 0 saturated carbocycles. The molecule has 24 heavy (non-hydrogen) atoms. The monoisotopic (exact) mass is 324 g/mol. The first-order valence-corrected chi connectivity index (χ1v) is 7.96. The predicted molar refractivity (Wildman–Crippen MR) is 91.5 cm³/mol. The molecule has 2 atom stereocenters. The van der Waals surface area contributed by atoms with E-state index in [4.69, 9.17) is 0 Å². The van der Waals surface area contributed by atoms with Gasteiger partial charge in [0.15, 0.2) is 0 Å². The summed E-state index contributed by atoms with van der Waals surface area (Å²) < 4.78 is 0. The van der Waals surface area contributed by atoms with Gasteiger partial charge in [0.25, 0.3) is 0 Å². The molecule has 2 N–H and O–H groups in total. The van der Waals surface area contributed by atoms with E-state index in [-0.39, 0.29) is 24.0 Å². The third-order valence-corrected chi connectivity index (χ3v) is 4.06. The van der Waals surface area contributed by atoms with Crippen molar-refractivity contribution < 1.29 is 9.59 Å². The molecule has 1 aromatic heterocycles. The van der Waals surface area contributed by atoms with Crippen molar-refractivity contribution in [3.8, 4) is 0 Å². The second kappa shape index (κ2) is 7.12. The van der Waals surface area contributed by atoms with Crippen molar-refractivity contribution in [3.05, 3.63) is 60.4 Å². The van der Waals surface area contributed by atoms with Crippen LogP contribution in [-0.4, -0.2) is 29.5 Å². The molecule has 0 bridgehead atoms. The molecule has 0 unspecified atom stereocenters. The molecule has 6 heteroatoms. The van der Waals surface area contributed by atoms with Gasteiger partial charge in [-0.1, -0.05) is 24.3 Å². The van der Waals surface area contributed by atoms with Crippen molar-refractivity contribution in [2.75, 3.05) is 11.4 Å². The van der Waals surface area contributed by atoms with Crippen LogP contribution in [0.4, 0.5) is 10.5 Å². The van der Waals surface area contributed by atoms with E-state index in [1.807, 2.05) is 49.4 Å². The largest absolute Gasteiger partial charge is 0.333 e. The summed E-state index contributed by atoms with van der Waals surface area (Å²) in [6.45, 7) is 2.38. The lowest BCUT2D eigenvalue weighted by Gasteiger charge is -2.19. The summed E-state index contributed by atoms with van der Waals surface area (Å²) in [6.07, 6.45) is 3.73. The second-order valence-electron chi connectivity index (χ2n) is 5.87. The summed E-state index contributed by atoms with van der Waals surface area (Å²) >= 11 is 0. The van der Waals surface area contributed by atoms with Crippen molar-refractivity contribution in [3.63, 3.8) is 0 Å². The van der Waals surface area contributed by atoms with Crippen molar-refractivity contribution in [2.24, 2.45) is 0 Å². The highest BCUT2D eigenvalue weighted by Crippen LogP contribution is 2.21. The number of aromatic nitrogens is 1. The summed E-state index contributed by atoms with van der Waals surface area (Å²) in [4.78, 5) is 30.1. The molecule has 1 saturated heterocycles. The van der Waals surface area contributed by atoms with Crippen LogP contribution in [0.1, 0.15) is 24.9 Å². The number of carbonyl (C=O) groups is 2. The highest BCUT2D eigenvalue weighted by atomic mass is 16.2. The lowest BCUT2D eigenvalue weighted by atomic mass is 10.1. The fourth-order valence-corrected chi connectivity index (χ4v) is 2.80. The molecular weight excluding hydrogens is 304 g/mol. The number of pyridine rings is 1. The first-order chi connectivity index (χ1) is 11.6. The van der Waals surface area contributed by atoms with Crippen molar-refractivity contribution in [2.45, 2.75) is 25.4 Å². The minimum Gasteiger partial charge on any atom is -0.333 e. The number of hydrogen-bond donors (Lipinski definition) is 2. The van der Waals surface area contributed by atoms with E-state index in [1.165, 1.54) is 0 Å². The highest BCUT2D eigenvalue weighted by molar-refractivity contribution is 5.96. The molecule has 0 spiro atoms. The Morgan fingerprint density at radius 2 is 2.04 bits per heavy atom. The van der Waals surface area contributed by atoms with Crippen LogP contribution < -0.4 is 15.5 Å². The number of anilines is 1. The van der Waals surface area contributed by atoms with Gasteiger partial charge >= 0.3 is 6.03 Å². The van der Waals surface area contributed by atoms with Crippen molar-refractivity contribution in [1.82, 2.24) is 15.6 Å². The van der Waals surface area contributed by atoms with Gasteiger partial charge in [0.2, 0.25) is 5.91 Å². The van der Waals surface area contributed by atoms with Crippen LogP contribution in [0, 0.1) is 0 Å². The van der Waals surface area contributed by atoms with E-state index in [0.717, 1.165) is 11.3 Å². The van der Waals surface area contributed by atoms with Crippen LogP contribution in [-0.2, 0) is 4.79 Å². The average molecular weight is 324 g/mol. The topological polar surface area (TPSA) is 74.3 Å². The van der Waals surface area contributed by atoms with E-state index in [0.29, 0.717) is 13.0 Å². The summed E-state index contributed by atoms with van der Waals surface area (Å²) in [5.41, 5.74) is 1.79. The SMILES string of the molecule is C[C@@H](NC(=O)N[C@H]1CC(=O)N(c2ccccc2)C1)c1cccnc1. The zero-order valence-corrected chi connectivity index (χ0v) is 13.5. The van der Waals surface area contributed by atoms with E-state index >= 15 is 0 Å².